The van der Waals surface area contributed by atoms with E-state index in [0.29, 0.717) is 28.2 Å². The van der Waals surface area contributed by atoms with E-state index in [1.54, 1.807) is 17.4 Å². The van der Waals surface area contributed by atoms with Gasteiger partial charge in [0.05, 0.1) is 16.6 Å². The number of halogens is 3. The van der Waals surface area contributed by atoms with Gasteiger partial charge in [-0.05, 0) is 28.1 Å². The Balaban J connectivity index is 2.13. The summed E-state index contributed by atoms with van der Waals surface area (Å²) in [6.07, 6.45) is 0. The lowest BCUT2D eigenvalue weighted by Crippen LogP contribution is -2.11. The van der Waals surface area contributed by atoms with Crippen molar-refractivity contribution in [3.8, 4) is 0 Å². The van der Waals surface area contributed by atoms with Gasteiger partial charge in [-0.15, -0.1) is 11.3 Å². The Morgan fingerprint density at radius 1 is 1.28 bits per heavy atom. The van der Waals surface area contributed by atoms with Crippen LogP contribution in [0.2, 0.25) is 10.0 Å². The molecule has 0 saturated heterocycles. The van der Waals surface area contributed by atoms with Gasteiger partial charge in [0.15, 0.2) is 5.82 Å². The number of thiophene rings is 1. The number of nitrogens with one attached hydrogen (secondary N) is 2. The molecule has 0 atom stereocenters. The number of anilines is 2. The van der Waals surface area contributed by atoms with Crippen LogP contribution < -0.4 is 16.6 Å². The highest BCUT2D eigenvalue weighted by molar-refractivity contribution is 9.10. The van der Waals surface area contributed by atoms with Crippen LogP contribution in [0.25, 0.3) is 0 Å². The number of rotatable bonds is 4. The van der Waals surface area contributed by atoms with Crippen molar-refractivity contribution in [2.75, 3.05) is 10.7 Å². The molecule has 0 saturated carbocycles. The summed E-state index contributed by atoms with van der Waals surface area (Å²) in [6.45, 7) is 0.634. The Hall–Kier alpha value is -0.530. The van der Waals surface area contributed by atoms with Crippen molar-refractivity contribution in [3.63, 3.8) is 0 Å². The molecule has 2 aromatic heterocycles. The molecule has 0 radical (unpaired) electrons. The number of nitrogens with zero attached hydrogens (tertiary/aromatic N) is 1. The molecule has 96 valence electrons. The summed E-state index contributed by atoms with van der Waals surface area (Å²) in [5, 5.41) is 5.99. The molecule has 2 rings (SSSR count). The zero-order valence-electron chi connectivity index (χ0n) is 9.01. The molecule has 0 aliphatic carbocycles. The van der Waals surface area contributed by atoms with E-state index < -0.39 is 0 Å². The molecule has 0 aromatic carbocycles. The van der Waals surface area contributed by atoms with Crippen LogP contribution in [0, 0.1) is 0 Å². The van der Waals surface area contributed by atoms with Gasteiger partial charge >= 0.3 is 0 Å². The summed E-state index contributed by atoms with van der Waals surface area (Å²) >= 11 is 17.0. The number of pyridine rings is 1. The van der Waals surface area contributed by atoms with Crippen molar-refractivity contribution in [2.24, 2.45) is 5.84 Å². The van der Waals surface area contributed by atoms with Gasteiger partial charge in [0.2, 0.25) is 0 Å². The monoisotopic (exact) mass is 366 g/mol. The van der Waals surface area contributed by atoms with Crippen molar-refractivity contribution in [3.05, 3.63) is 36.9 Å². The van der Waals surface area contributed by atoms with E-state index in [1.807, 2.05) is 11.4 Å². The Morgan fingerprint density at radius 2 is 2.00 bits per heavy atom. The minimum absolute atomic E-state index is 0.381. The topological polar surface area (TPSA) is 63.0 Å². The third-order valence-corrected chi connectivity index (χ3v) is 4.39. The van der Waals surface area contributed by atoms with Crippen molar-refractivity contribution >= 4 is 62.1 Å². The predicted molar refractivity (Wildman–Crippen MR) is 81.4 cm³/mol. The Kier molecular flexibility index (Phi) is 4.69. The molecular formula is C10H9BrCl2N4S. The summed E-state index contributed by atoms with van der Waals surface area (Å²) in [5.74, 6) is 6.23. The quantitative estimate of drug-likeness (QED) is 0.562. The average molecular weight is 368 g/mol. The second-order valence-electron chi connectivity index (χ2n) is 3.38. The minimum atomic E-state index is 0.381. The van der Waals surface area contributed by atoms with Gasteiger partial charge in [0.1, 0.15) is 5.82 Å². The molecule has 0 unspecified atom stereocenters. The Labute approximate surface area is 127 Å². The molecular weight excluding hydrogens is 359 g/mol. The van der Waals surface area contributed by atoms with Crippen LogP contribution >= 0.6 is 50.5 Å². The van der Waals surface area contributed by atoms with E-state index in [2.05, 4.69) is 31.7 Å². The number of hydrogen-bond acceptors (Lipinski definition) is 5. The second-order valence-corrected chi connectivity index (χ2v) is 6.10. The van der Waals surface area contributed by atoms with E-state index in [-0.39, 0.29) is 0 Å². The van der Waals surface area contributed by atoms with Gasteiger partial charge in [0, 0.05) is 14.7 Å². The fraction of sp³-hybridized carbons (Fsp3) is 0.100. The van der Waals surface area contributed by atoms with Crippen LogP contribution in [0.1, 0.15) is 4.88 Å². The number of nitrogen functional groups attached to an aromatic ring is 1. The summed E-state index contributed by atoms with van der Waals surface area (Å²) in [4.78, 5) is 5.36. The number of nitrogens with two attached hydrogens (primary N) is 1. The lowest BCUT2D eigenvalue weighted by molar-refractivity contribution is 1.13. The largest absolute Gasteiger partial charge is 0.364 e. The van der Waals surface area contributed by atoms with Crippen LogP contribution in [0.3, 0.4) is 0 Å². The van der Waals surface area contributed by atoms with E-state index in [0.717, 1.165) is 9.35 Å². The van der Waals surface area contributed by atoms with E-state index in [1.165, 1.54) is 0 Å². The summed E-state index contributed by atoms with van der Waals surface area (Å²) in [7, 11) is 0. The fourth-order valence-corrected chi connectivity index (χ4v) is 3.18. The third-order valence-electron chi connectivity index (χ3n) is 2.12. The summed E-state index contributed by atoms with van der Waals surface area (Å²) in [5.41, 5.74) is 2.42. The highest BCUT2D eigenvalue weighted by atomic mass is 79.9. The normalized spacial score (nSPS) is 10.4. The van der Waals surface area contributed by atoms with Gasteiger partial charge in [0.25, 0.3) is 0 Å². The van der Waals surface area contributed by atoms with E-state index >= 15 is 0 Å². The van der Waals surface area contributed by atoms with Crippen LogP contribution in [0.5, 0.6) is 0 Å². The number of aromatic nitrogens is 1. The molecule has 0 spiro atoms. The maximum atomic E-state index is 6.05. The average Bonchev–Trinajstić information content (AvgIpc) is 2.74. The minimum Gasteiger partial charge on any atom is -0.364 e. The van der Waals surface area contributed by atoms with Gasteiger partial charge < -0.3 is 10.7 Å². The van der Waals surface area contributed by atoms with Crippen LogP contribution in [-0.2, 0) is 6.54 Å². The van der Waals surface area contributed by atoms with Gasteiger partial charge in [-0.1, -0.05) is 23.2 Å². The second kappa shape index (κ2) is 6.08. The standard InChI is InChI=1S/C10H9BrCl2N4S/c11-5-1-6(18-4-5)3-15-9-7(12)2-8(13)10(16-9)17-14/h1-2,4H,3,14H2,(H2,15,16,17). The third kappa shape index (κ3) is 3.27. The maximum absolute atomic E-state index is 6.05. The summed E-state index contributed by atoms with van der Waals surface area (Å²) in [6, 6.07) is 3.63. The lowest BCUT2D eigenvalue weighted by atomic mass is 10.4. The fourth-order valence-electron chi connectivity index (χ4n) is 1.31. The maximum Gasteiger partial charge on any atom is 0.161 e. The van der Waals surface area contributed by atoms with Crippen LogP contribution in [0.15, 0.2) is 22.0 Å². The number of hydrazine groups is 1. The predicted octanol–water partition coefficient (Wildman–Crippen LogP) is 4.11. The molecule has 8 heteroatoms. The Bertz CT molecular complexity index is 561. The first-order valence-electron chi connectivity index (χ1n) is 4.89. The molecule has 0 amide bonds. The van der Waals surface area contributed by atoms with Gasteiger partial charge in [-0.3, -0.25) is 0 Å². The van der Waals surface area contributed by atoms with Crippen molar-refractivity contribution < 1.29 is 0 Å². The molecule has 0 aliphatic rings. The van der Waals surface area contributed by atoms with Crippen LogP contribution in [-0.4, -0.2) is 4.98 Å². The first-order valence-corrected chi connectivity index (χ1v) is 7.32. The lowest BCUT2D eigenvalue weighted by Gasteiger charge is -2.09. The summed E-state index contributed by atoms with van der Waals surface area (Å²) < 4.78 is 1.06. The van der Waals surface area contributed by atoms with Crippen LogP contribution in [0.4, 0.5) is 11.6 Å². The molecule has 0 bridgehead atoms. The van der Waals surface area contributed by atoms with Crippen molar-refractivity contribution in [2.45, 2.75) is 6.54 Å². The van der Waals surface area contributed by atoms with Crippen molar-refractivity contribution in [1.82, 2.24) is 4.98 Å². The highest BCUT2D eigenvalue weighted by Crippen LogP contribution is 2.29. The smallest absolute Gasteiger partial charge is 0.161 e. The molecule has 2 aromatic rings. The van der Waals surface area contributed by atoms with Gasteiger partial charge in [-0.2, -0.15) is 0 Å². The molecule has 4 N–H and O–H groups in total. The van der Waals surface area contributed by atoms with E-state index in [9.17, 15) is 0 Å². The molecule has 0 aliphatic heterocycles. The highest BCUT2D eigenvalue weighted by Gasteiger charge is 2.08. The molecule has 0 fully saturated rings. The first-order chi connectivity index (χ1) is 8.60. The van der Waals surface area contributed by atoms with Gasteiger partial charge in [-0.25, -0.2) is 10.8 Å². The zero-order chi connectivity index (χ0) is 13.1. The molecule has 18 heavy (non-hydrogen) atoms. The SMILES string of the molecule is NNc1nc(NCc2cc(Br)cs2)c(Cl)cc1Cl. The molecule has 4 nitrogen and oxygen atoms in total. The van der Waals surface area contributed by atoms with E-state index in [4.69, 9.17) is 29.0 Å². The zero-order valence-corrected chi connectivity index (χ0v) is 12.9. The van der Waals surface area contributed by atoms with Crippen molar-refractivity contribution in [1.29, 1.82) is 0 Å². The first kappa shape index (κ1) is 13.9. The number of hydrogen-bond donors (Lipinski definition) is 3. The Morgan fingerprint density at radius 3 is 2.61 bits per heavy atom. The molecule has 2 heterocycles.